The first-order chi connectivity index (χ1) is 14.2. The van der Waals surface area contributed by atoms with E-state index in [0.717, 1.165) is 33.5 Å². The topological polar surface area (TPSA) is 46.6 Å². The summed E-state index contributed by atoms with van der Waals surface area (Å²) in [5, 5.41) is 2.02. The fraction of sp³-hybridized carbons (Fsp3) is 0.0833. The summed E-state index contributed by atoms with van der Waals surface area (Å²) in [6.45, 7) is 0.453. The van der Waals surface area contributed by atoms with E-state index in [2.05, 4.69) is 30.2 Å². The number of rotatable bonds is 5. The highest BCUT2D eigenvalue weighted by Crippen LogP contribution is 2.32. The second-order valence-electron chi connectivity index (χ2n) is 6.47. The second-order valence-corrected chi connectivity index (χ2v) is 7.46. The molecular formula is C24H17NO3S. The number of carbonyl (C=O) groups is 2. The van der Waals surface area contributed by atoms with Crippen LogP contribution in [0.5, 0.6) is 5.75 Å². The number of hydrogen-bond donors (Lipinski definition) is 0. The fourth-order valence-corrected chi connectivity index (χ4v) is 3.96. The third-order valence-corrected chi connectivity index (χ3v) is 5.48. The van der Waals surface area contributed by atoms with E-state index in [1.165, 1.54) is 10.8 Å². The zero-order valence-corrected chi connectivity index (χ0v) is 16.3. The van der Waals surface area contributed by atoms with Gasteiger partial charge in [0.25, 0.3) is 11.1 Å². The molecule has 0 atom stereocenters. The molecule has 0 aromatic heterocycles. The van der Waals surface area contributed by atoms with E-state index in [1.807, 2.05) is 42.5 Å². The van der Waals surface area contributed by atoms with Crippen molar-refractivity contribution in [3.63, 3.8) is 0 Å². The van der Waals surface area contributed by atoms with Crippen LogP contribution in [0.25, 0.3) is 16.8 Å². The lowest BCUT2D eigenvalue weighted by atomic mass is 10.1. The molecule has 1 aliphatic heterocycles. The number of hydrogen-bond acceptors (Lipinski definition) is 4. The van der Waals surface area contributed by atoms with Crippen LogP contribution in [0, 0.1) is 12.3 Å². The Labute approximate surface area is 173 Å². The van der Waals surface area contributed by atoms with Gasteiger partial charge in [-0.25, -0.2) is 0 Å². The van der Waals surface area contributed by atoms with Crippen molar-refractivity contribution in [1.29, 1.82) is 0 Å². The third-order valence-electron chi connectivity index (χ3n) is 4.58. The van der Waals surface area contributed by atoms with Crippen molar-refractivity contribution < 1.29 is 14.3 Å². The van der Waals surface area contributed by atoms with Gasteiger partial charge in [-0.3, -0.25) is 14.5 Å². The second kappa shape index (κ2) is 8.26. The first kappa shape index (κ1) is 18.9. The average molecular weight is 399 g/mol. The predicted molar refractivity (Wildman–Crippen MR) is 116 cm³/mol. The number of nitrogens with zero attached hydrogens (tertiary/aromatic N) is 1. The maximum absolute atomic E-state index is 12.2. The monoisotopic (exact) mass is 399 g/mol. The Morgan fingerprint density at radius 2 is 1.76 bits per heavy atom. The van der Waals surface area contributed by atoms with E-state index < -0.39 is 0 Å². The Balaban J connectivity index is 1.45. The van der Waals surface area contributed by atoms with Crippen LogP contribution in [0.1, 0.15) is 11.1 Å². The first-order valence-electron chi connectivity index (χ1n) is 9.04. The van der Waals surface area contributed by atoms with Gasteiger partial charge in [0.05, 0.1) is 11.4 Å². The minimum Gasteiger partial charge on any atom is -0.489 e. The number of imide groups is 1. The molecule has 0 saturated carbocycles. The molecule has 0 bridgehead atoms. The summed E-state index contributed by atoms with van der Waals surface area (Å²) in [4.78, 5) is 25.5. The van der Waals surface area contributed by atoms with Gasteiger partial charge in [-0.1, -0.05) is 60.5 Å². The van der Waals surface area contributed by atoms with Crippen molar-refractivity contribution in [3.8, 4) is 18.1 Å². The molecule has 2 amide bonds. The van der Waals surface area contributed by atoms with Crippen LogP contribution in [-0.4, -0.2) is 22.6 Å². The SMILES string of the molecule is C#CCN1C(=O)S/C(=C\c2ccc(OCc3cccc4ccccc34)cc2)C1=O. The summed E-state index contributed by atoms with van der Waals surface area (Å²) in [6.07, 6.45) is 6.90. The predicted octanol–water partition coefficient (Wildman–Crippen LogP) is 5.09. The number of terminal acetylenes is 1. The Hall–Kier alpha value is -3.49. The normalized spacial score (nSPS) is 15.1. The molecule has 0 spiro atoms. The molecule has 1 heterocycles. The van der Waals surface area contributed by atoms with E-state index >= 15 is 0 Å². The zero-order valence-electron chi connectivity index (χ0n) is 15.5. The van der Waals surface area contributed by atoms with Gasteiger partial charge in [0.2, 0.25) is 0 Å². The molecule has 3 aromatic rings. The summed E-state index contributed by atoms with van der Waals surface area (Å²) in [5.41, 5.74) is 1.93. The Morgan fingerprint density at radius 1 is 1.00 bits per heavy atom. The third kappa shape index (κ3) is 4.03. The highest BCUT2D eigenvalue weighted by atomic mass is 32.2. The molecule has 4 rings (SSSR count). The van der Waals surface area contributed by atoms with Gasteiger partial charge in [-0.05, 0) is 51.9 Å². The van der Waals surface area contributed by atoms with Crippen LogP contribution in [-0.2, 0) is 11.4 Å². The molecule has 5 heteroatoms. The quantitative estimate of drug-likeness (QED) is 0.443. The Bertz CT molecular complexity index is 1150. The summed E-state index contributed by atoms with van der Waals surface area (Å²) in [5.74, 6) is 2.71. The van der Waals surface area contributed by atoms with Crippen LogP contribution < -0.4 is 4.74 Å². The van der Waals surface area contributed by atoms with Crippen LogP contribution in [0.2, 0.25) is 0 Å². The van der Waals surface area contributed by atoms with Gasteiger partial charge in [0, 0.05) is 0 Å². The molecular weight excluding hydrogens is 382 g/mol. The highest BCUT2D eigenvalue weighted by Gasteiger charge is 2.34. The molecule has 0 N–H and O–H groups in total. The van der Waals surface area contributed by atoms with Gasteiger partial charge < -0.3 is 4.74 Å². The minimum absolute atomic E-state index is 0.0110. The van der Waals surface area contributed by atoms with E-state index in [4.69, 9.17) is 11.2 Å². The summed E-state index contributed by atoms with van der Waals surface area (Å²) in [6, 6.07) is 21.8. The average Bonchev–Trinajstić information content (AvgIpc) is 3.01. The minimum atomic E-state index is -0.353. The molecule has 29 heavy (non-hydrogen) atoms. The van der Waals surface area contributed by atoms with Gasteiger partial charge in [-0.2, -0.15) is 0 Å². The molecule has 3 aromatic carbocycles. The number of benzene rings is 3. The number of carbonyl (C=O) groups excluding carboxylic acids is 2. The van der Waals surface area contributed by atoms with Crippen molar-refractivity contribution in [1.82, 2.24) is 4.90 Å². The van der Waals surface area contributed by atoms with Gasteiger partial charge >= 0.3 is 0 Å². The first-order valence-corrected chi connectivity index (χ1v) is 9.86. The van der Waals surface area contributed by atoms with E-state index in [0.29, 0.717) is 11.5 Å². The van der Waals surface area contributed by atoms with E-state index in [1.54, 1.807) is 6.08 Å². The molecule has 1 fully saturated rings. The molecule has 0 aliphatic carbocycles. The number of fused-ring (bicyclic) bond motifs is 1. The van der Waals surface area contributed by atoms with Crippen molar-refractivity contribution in [3.05, 3.63) is 82.8 Å². The lowest BCUT2D eigenvalue weighted by Gasteiger charge is -2.09. The van der Waals surface area contributed by atoms with Gasteiger partial charge in [0.1, 0.15) is 12.4 Å². The summed E-state index contributed by atoms with van der Waals surface area (Å²) in [7, 11) is 0. The van der Waals surface area contributed by atoms with Gasteiger partial charge in [-0.15, -0.1) is 6.42 Å². The van der Waals surface area contributed by atoms with Crippen LogP contribution >= 0.6 is 11.8 Å². The fourth-order valence-electron chi connectivity index (χ4n) is 3.12. The molecule has 4 nitrogen and oxygen atoms in total. The largest absolute Gasteiger partial charge is 0.489 e. The van der Waals surface area contributed by atoms with Crippen molar-refractivity contribution >= 4 is 39.8 Å². The maximum Gasteiger partial charge on any atom is 0.294 e. The summed E-state index contributed by atoms with van der Waals surface area (Å²) < 4.78 is 5.93. The zero-order chi connectivity index (χ0) is 20.2. The van der Waals surface area contributed by atoms with Crippen LogP contribution in [0.3, 0.4) is 0 Å². The standard InChI is InChI=1S/C24H17NO3S/c1-2-14-25-23(26)22(29-24(25)27)15-17-10-12-20(13-11-17)28-16-19-8-5-7-18-6-3-4-9-21(18)19/h1,3-13,15H,14,16H2/b22-15-. The lowest BCUT2D eigenvalue weighted by Crippen LogP contribution is -2.28. The summed E-state index contributed by atoms with van der Waals surface area (Å²) >= 11 is 0.901. The van der Waals surface area contributed by atoms with Crippen molar-refractivity contribution in [2.45, 2.75) is 6.61 Å². The lowest BCUT2D eigenvalue weighted by molar-refractivity contribution is -0.122. The molecule has 142 valence electrons. The van der Waals surface area contributed by atoms with E-state index in [-0.39, 0.29) is 17.7 Å². The number of amides is 2. The van der Waals surface area contributed by atoms with E-state index in [9.17, 15) is 9.59 Å². The van der Waals surface area contributed by atoms with Crippen LogP contribution in [0.4, 0.5) is 4.79 Å². The van der Waals surface area contributed by atoms with Crippen LogP contribution in [0.15, 0.2) is 71.6 Å². The number of thioether (sulfide) groups is 1. The van der Waals surface area contributed by atoms with Crippen molar-refractivity contribution in [2.75, 3.05) is 6.54 Å². The Kier molecular flexibility index (Phi) is 5.37. The highest BCUT2D eigenvalue weighted by molar-refractivity contribution is 8.18. The molecule has 1 saturated heterocycles. The molecule has 0 unspecified atom stereocenters. The maximum atomic E-state index is 12.2. The number of ether oxygens (including phenoxy) is 1. The molecule has 0 radical (unpaired) electrons. The Morgan fingerprint density at radius 3 is 2.55 bits per heavy atom. The van der Waals surface area contributed by atoms with Crippen molar-refractivity contribution in [2.24, 2.45) is 0 Å². The molecule has 1 aliphatic rings. The van der Waals surface area contributed by atoms with Gasteiger partial charge in [0.15, 0.2) is 0 Å². The smallest absolute Gasteiger partial charge is 0.294 e.